The molecule has 88 valence electrons. The zero-order valence-electron chi connectivity index (χ0n) is 8.81. The van der Waals surface area contributed by atoms with E-state index in [4.69, 9.17) is 11.6 Å². The Morgan fingerprint density at radius 1 is 1.47 bits per heavy atom. The summed E-state index contributed by atoms with van der Waals surface area (Å²) in [5, 5.41) is 7.86. The van der Waals surface area contributed by atoms with Crippen LogP contribution >= 0.6 is 22.9 Å². The second kappa shape index (κ2) is 5.65. The van der Waals surface area contributed by atoms with E-state index in [1.807, 2.05) is 5.38 Å². The Morgan fingerprint density at radius 3 is 3.06 bits per heavy atom. The molecule has 0 aliphatic carbocycles. The minimum Gasteiger partial charge on any atom is -0.332 e. The number of thiazole rings is 1. The molecule has 0 aliphatic heterocycles. The number of urea groups is 1. The second-order valence-corrected chi connectivity index (χ2v) is 4.45. The summed E-state index contributed by atoms with van der Waals surface area (Å²) in [4.78, 5) is 15.6. The molecule has 2 N–H and O–H groups in total. The van der Waals surface area contributed by atoms with E-state index >= 15 is 0 Å². The van der Waals surface area contributed by atoms with E-state index in [1.54, 1.807) is 29.8 Å². The molecule has 4 nitrogen and oxygen atoms in total. The van der Waals surface area contributed by atoms with Crippen LogP contribution in [0.5, 0.6) is 0 Å². The maximum atomic E-state index is 11.5. The van der Waals surface area contributed by atoms with Crippen molar-refractivity contribution < 1.29 is 4.79 Å². The van der Waals surface area contributed by atoms with Gasteiger partial charge in [0.05, 0.1) is 17.7 Å². The van der Waals surface area contributed by atoms with Crippen molar-refractivity contribution in [2.75, 3.05) is 5.32 Å². The number of anilines is 1. The van der Waals surface area contributed by atoms with Gasteiger partial charge in [0.25, 0.3) is 0 Å². The van der Waals surface area contributed by atoms with Crippen molar-refractivity contribution in [3.63, 3.8) is 0 Å². The molecule has 1 aromatic carbocycles. The average molecular weight is 268 g/mol. The van der Waals surface area contributed by atoms with Crippen LogP contribution in [-0.4, -0.2) is 11.0 Å². The van der Waals surface area contributed by atoms with Crippen molar-refractivity contribution in [2.24, 2.45) is 0 Å². The van der Waals surface area contributed by atoms with Gasteiger partial charge in [-0.1, -0.05) is 17.7 Å². The molecular formula is C11H10ClN3OS. The average Bonchev–Trinajstić information content (AvgIpc) is 2.79. The van der Waals surface area contributed by atoms with E-state index in [-0.39, 0.29) is 6.03 Å². The first-order valence-corrected chi connectivity index (χ1v) is 6.23. The van der Waals surface area contributed by atoms with Crippen LogP contribution in [0.2, 0.25) is 5.02 Å². The van der Waals surface area contributed by atoms with Crippen LogP contribution in [0.25, 0.3) is 0 Å². The molecule has 2 rings (SSSR count). The van der Waals surface area contributed by atoms with Crippen molar-refractivity contribution in [1.29, 1.82) is 0 Å². The highest BCUT2D eigenvalue weighted by molar-refractivity contribution is 7.07. The fourth-order valence-electron chi connectivity index (χ4n) is 1.24. The fraction of sp³-hybridized carbons (Fsp3) is 0.0909. The van der Waals surface area contributed by atoms with Gasteiger partial charge in [0.15, 0.2) is 0 Å². The number of amides is 2. The molecule has 0 radical (unpaired) electrons. The number of rotatable bonds is 3. The molecule has 2 amide bonds. The number of benzene rings is 1. The fourth-order valence-corrected chi connectivity index (χ4v) is 1.99. The number of hydrogen-bond donors (Lipinski definition) is 2. The summed E-state index contributed by atoms with van der Waals surface area (Å²) >= 11 is 7.30. The highest BCUT2D eigenvalue weighted by Crippen LogP contribution is 2.14. The topological polar surface area (TPSA) is 54.0 Å². The SMILES string of the molecule is O=C(NCc1cscn1)Nc1cccc(Cl)c1. The molecule has 0 aliphatic rings. The summed E-state index contributed by atoms with van der Waals surface area (Å²) in [6, 6.07) is 6.71. The molecule has 17 heavy (non-hydrogen) atoms. The van der Waals surface area contributed by atoms with Crippen LogP contribution in [0.1, 0.15) is 5.69 Å². The summed E-state index contributed by atoms with van der Waals surface area (Å²) in [6.45, 7) is 0.413. The first-order valence-electron chi connectivity index (χ1n) is 4.91. The largest absolute Gasteiger partial charge is 0.332 e. The van der Waals surface area contributed by atoms with Crippen LogP contribution in [0.15, 0.2) is 35.2 Å². The quantitative estimate of drug-likeness (QED) is 0.898. The zero-order valence-corrected chi connectivity index (χ0v) is 10.4. The molecule has 0 atom stereocenters. The van der Waals surface area contributed by atoms with Gasteiger partial charge in [-0.2, -0.15) is 0 Å². The third-order valence-electron chi connectivity index (χ3n) is 2.00. The summed E-state index contributed by atoms with van der Waals surface area (Å²) in [6.07, 6.45) is 0. The van der Waals surface area contributed by atoms with Crippen molar-refractivity contribution in [1.82, 2.24) is 10.3 Å². The molecule has 0 bridgehead atoms. The molecule has 0 unspecified atom stereocenters. The van der Waals surface area contributed by atoms with Crippen molar-refractivity contribution >= 4 is 34.7 Å². The molecule has 0 fully saturated rings. The van der Waals surface area contributed by atoms with Crippen molar-refractivity contribution in [3.05, 3.63) is 45.9 Å². The van der Waals surface area contributed by atoms with Gasteiger partial charge in [-0.05, 0) is 18.2 Å². The number of halogens is 1. The number of nitrogens with zero attached hydrogens (tertiary/aromatic N) is 1. The van der Waals surface area contributed by atoms with Crippen molar-refractivity contribution in [2.45, 2.75) is 6.54 Å². The molecule has 0 spiro atoms. The van der Waals surface area contributed by atoms with Gasteiger partial charge >= 0.3 is 6.03 Å². The predicted molar refractivity (Wildman–Crippen MR) is 69.4 cm³/mol. The number of nitrogens with one attached hydrogen (secondary N) is 2. The van der Waals surface area contributed by atoms with E-state index in [9.17, 15) is 4.79 Å². The van der Waals surface area contributed by atoms with Crippen LogP contribution in [0, 0.1) is 0 Å². The highest BCUT2D eigenvalue weighted by Gasteiger charge is 2.02. The summed E-state index contributed by atoms with van der Waals surface area (Å²) in [5.41, 5.74) is 3.23. The van der Waals surface area contributed by atoms with E-state index < -0.39 is 0 Å². The third kappa shape index (κ3) is 3.72. The zero-order chi connectivity index (χ0) is 12.1. The predicted octanol–water partition coefficient (Wildman–Crippen LogP) is 3.12. The Hall–Kier alpha value is -1.59. The van der Waals surface area contributed by atoms with Gasteiger partial charge in [0.1, 0.15) is 0 Å². The summed E-state index contributed by atoms with van der Waals surface area (Å²) < 4.78 is 0. The molecule has 6 heteroatoms. The van der Waals surface area contributed by atoms with Gasteiger partial charge in [-0.25, -0.2) is 9.78 Å². The van der Waals surface area contributed by atoms with Gasteiger partial charge < -0.3 is 10.6 Å². The maximum absolute atomic E-state index is 11.5. The Balaban J connectivity index is 1.85. The van der Waals surface area contributed by atoms with Crippen LogP contribution in [0.4, 0.5) is 10.5 Å². The number of carbonyl (C=O) groups is 1. The minimum absolute atomic E-state index is 0.278. The molecule has 0 saturated carbocycles. The van der Waals surface area contributed by atoms with Gasteiger partial charge in [0.2, 0.25) is 0 Å². The third-order valence-corrected chi connectivity index (χ3v) is 2.87. The van der Waals surface area contributed by atoms with E-state index in [0.717, 1.165) is 5.69 Å². The Morgan fingerprint density at radius 2 is 2.35 bits per heavy atom. The maximum Gasteiger partial charge on any atom is 0.319 e. The minimum atomic E-state index is -0.278. The number of aromatic nitrogens is 1. The Bertz CT molecular complexity index is 501. The number of hydrogen-bond acceptors (Lipinski definition) is 3. The van der Waals surface area contributed by atoms with Gasteiger partial charge in [0, 0.05) is 16.1 Å². The molecule has 1 heterocycles. The standard InChI is InChI=1S/C11H10ClN3OS/c12-8-2-1-3-9(4-8)15-11(16)13-5-10-6-17-7-14-10/h1-4,6-7H,5H2,(H2,13,15,16). The van der Waals surface area contributed by atoms with Crippen molar-refractivity contribution in [3.8, 4) is 0 Å². The Labute approximate surface area is 108 Å². The van der Waals surface area contributed by atoms with Crippen LogP contribution in [0.3, 0.4) is 0 Å². The first-order chi connectivity index (χ1) is 8.24. The molecule has 2 aromatic rings. The lowest BCUT2D eigenvalue weighted by molar-refractivity contribution is 0.251. The first kappa shape index (κ1) is 11.9. The van der Waals surface area contributed by atoms with E-state index in [2.05, 4.69) is 15.6 Å². The molecule has 0 saturated heterocycles. The summed E-state index contributed by atoms with van der Waals surface area (Å²) in [7, 11) is 0. The van der Waals surface area contributed by atoms with Crippen LogP contribution in [-0.2, 0) is 6.54 Å². The molecular weight excluding hydrogens is 258 g/mol. The van der Waals surface area contributed by atoms with Crippen LogP contribution < -0.4 is 10.6 Å². The monoisotopic (exact) mass is 267 g/mol. The van der Waals surface area contributed by atoms with Gasteiger partial charge in [-0.15, -0.1) is 11.3 Å². The van der Waals surface area contributed by atoms with Gasteiger partial charge in [-0.3, -0.25) is 0 Å². The summed E-state index contributed by atoms with van der Waals surface area (Å²) in [5.74, 6) is 0. The lowest BCUT2D eigenvalue weighted by Crippen LogP contribution is -2.28. The van der Waals surface area contributed by atoms with E-state index in [0.29, 0.717) is 17.3 Å². The lowest BCUT2D eigenvalue weighted by atomic mass is 10.3. The molecule has 1 aromatic heterocycles. The lowest BCUT2D eigenvalue weighted by Gasteiger charge is -2.06. The Kier molecular flexibility index (Phi) is 3.95. The second-order valence-electron chi connectivity index (χ2n) is 3.30. The van der Waals surface area contributed by atoms with E-state index in [1.165, 1.54) is 11.3 Å². The normalized spacial score (nSPS) is 9.94. The smallest absolute Gasteiger partial charge is 0.319 e. The number of carbonyl (C=O) groups excluding carboxylic acids is 1. The highest BCUT2D eigenvalue weighted by atomic mass is 35.5.